The van der Waals surface area contributed by atoms with Crippen LogP contribution in [0.25, 0.3) is 0 Å². The maximum Gasteiger partial charge on any atom is 0.225 e. The molecule has 0 saturated carbocycles. The van der Waals surface area contributed by atoms with Crippen LogP contribution in [0.1, 0.15) is 37.8 Å². The van der Waals surface area contributed by atoms with Crippen molar-refractivity contribution in [2.45, 2.75) is 33.1 Å². The summed E-state index contributed by atoms with van der Waals surface area (Å²) in [5.41, 5.74) is 2.45. The van der Waals surface area contributed by atoms with E-state index < -0.39 is 0 Å². The minimum Gasteiger partial charge on any atom is -0.342 e. The van der Waals surface area contributed by atoms with Gasteiger partial charge in [0, 0.05) is 24.6 Å². The predicted molar refractivity (Wildman–Crippen MR) is 96.6 cm³/mol. The number of nitrogens with zero attached hydrogens (tertiary/aromatic N) is 3. The molecule has 2 aliphatic heterocycles. The fourth-order valence-corrected chi connectivity index (χ4v) is 3.56. The lowest BCUT2D eigenvalue weighted by molar-refractivity contribution is -0.135. The molecule has 0 radical (unpaired) electrons. The van der Waals surface area contributed by atoms with Gasteiger partial charge in [0.05, 0.1) is 13.1 Å². The van der Waals surface area contributed by atoms with Gasteiger partial charge in [-0.05, 0) is 30.7 Å². The monoisotopic (exact) mass is 328 g/mol. The summed E-state index contributed by atoms with van der Waals surface area (Å²) in [6.45, 7) is 7.34. The maximum absolute atomic E-state index is 12.1. The molecule has 0 unspecified atom stereocenters. The number of hydrogen-bond donors (Lipinski definition) is 1. The third-order valence-corrected chi connectivity index (χ3v) is 5.03. The van der Waals surface area contributed by atoms with Crippen LogP contribution in [0.4, 0.5) is 0 Å². The molecule has 1 saturated heterocycles. The standard InChI is InChI=1S/C19H28N4O/c1-14(2)19(24)22-10-7-16(8-11-22)13-15-3-5-17(6-4-15)18-21-9-12-23(18)20/h3-6,14,16H,7-13,20H2,1-2H3. The molecule has 130 valence electrons. The van der Waals surface area contributed by atoms with Gasteiger partial charge in [-0.1, -0.05) is 38.1 Å². The van der Waals surface area contributed by atoms with E-state index in [1.807, 2.05) is 18.7 Å². The van der Waals surface area contributed by atoms with Gasteiger partial charge in [0.15, 0.2) is 0 Å². The highest BCUT2D eigenvalue weighted by Crippen LogP contribution is 2.23. The molecule has 0 aliphatic carbocycles. The Hall–Kier alpha value is -1.88. The van der Waals surface area contributed by atoms with Crippen LogP contribution in [-0.2, 0) is 11.2 Å². The molecule has 2 aliphatic rings. The van der Waals surface area contributed by atoms with Crippen molar-refractivity contribution in [1.29, 1.82) is 0 Å². The molecule has 0 atom stereocenters. The molecule has 3 rings (SSSR count). The molecule has 24 heavy (non-hydrogen) atoms. The quantitative estimate of drug-likeness (QED) is 0.861. The molecule has 0 bridgehead atoms. The molecule has 1 aromatic carbocycles. The molecule has 5 heteroatoms. The summed E-state index contributed by atoms with van der Waals surface area (Å²) in [6, 6.07) is 8.62. The molecule has 5 nitrogen and oxygen atoms in total. The number of hydrazine groups is 1. The predicted octanol–water partition coefficient (Wildman–Crippen LogP) is 2.06. The number of hydrogen-bond acceptors (Lipinski definition) is 4. The third-order valence-electron chi connectivity index (χ3n) is 5.03. The zero-order chi connectivity index (χ0) is 17.1. The molecule has 2 heterocycles. The van der Waals surface area contributed by atoms with Gasteiger partial charge in [-0.2, -0.15) is 0 Å². The van der Waals surface area contributed by atoms with Gasteiger partial charge in [-0.3, -0.25) is 14.8 Å². The Morgan fingerprint density at radius 2 is 1.88 bits per heavy atom. The summed E-state index contributed by atoms with van der Waals surface area (Å²) in [7, 11) is 0. The van der Waals surface area contributed by atoms with Crippen molar-refractivity contribution in [2.75, 3.05) is 26.2 Å². The molecule has 0 aromatic heterocycles. The number of amidine groups is 1. The number of amides is 1. The molecule has 2 N–H and O–H groups in total. The summed E-state index contributed by atoms with van der Waals surface area (Å²) >= 11 is 0. The van der Waals surface area contributed by atoms with Crippen molar-refractivity contribution in [3.05, 3.63) is 35.4 Å². The van der Waals surface area contributed by atoms with Crippen LogP contribution in [0.2, 0.25) is 0 Å². The Bertz CT molecular complexity index is 600. The Kier molecular flexibility index (Phi) is 5.19. The second-order valence-corrected chi connectivity index (χ2v) is 7.22. The number of aliphatic imine (C=N–C) groups is 1. The lowest BCUT2D eigenvalue weighted by Crippen LogP contribution is -2.40. The van der Waals surface area contributed by atoms with Crippen LogP contribution < -0.4 is 5.84 Å². The van der Waals surface area contributed by atoms with Crippen LogP contribution >= 0.6 is 0 Å². The van der Waals surface area contributed by atoms with Crippen molar-refractivity contribution in [3.8, 4) is 0 Å². The van der Waals surface area contributed by atoms with Gasteiger partial charge in [-0.15, -0.1) is 0 Å². The summed E-state index contributed by atoms with van der Waals surface area (Å²) in [6.07, 6.45) is 3.29. The highest BCUT2D eigenvalue weighted by Gasteiger charge is 2.24. The second-order valence-electron chi connectivity index (χ2n) is 7.22. The first kappa shape index (κ1) is 17.0. The van der Waals surface area contributed by atoms with E-state index in [1.54, 1.807) is 5.01 Å². The van der Waals surface area contributed by atoms with Crippen molar-refractivity contribution in [3.63, 3.8) is 0 Å². The lowest BCUT2D eigenvalue weighted by atomic mass is 9.89. The van der Waals surface area contributed by atoms with E-state index in [9.17, 15) is 4.79 Å². The van der Waals surface area contributed by atoms with Crippen molar-refractivity contribution < 1.29 is 4.79 Å². The third kappa shape index (κ3) is 3.78. The zero-order valence-electron chi connectivity index (χ0n) is 14.7. The van der Waals surface area contributed by atoms with E-state index in [1.165, 1.54) is 5.56 Å². The van der Waals surface area contributed by atoms with Crippen molar-refractivity contribution >= 4 is 11.7 Å². The van der Waals surface area contributed by atoms with E-state index >= 15 is 0 Å². The van der Waals surface area contributed by atoms with Gasteiger partial charge in [0.1, 0.15) is 5.84 Å². The summed E-state index contributed by atoms with van der Waals surface area (Å²) in [4.78, 5) is 18.5. The average molecular weight is 328 g/mol. The first-order valence-electron chi connectivity index (χ1n) is 8.99. The van der Waals surface area contributed by atoms with Crippen molar-refractivity contribution in [1.82, 2.24) is 9.91 Å². The van der Waals surface area contributed by atoms with Gasteiger partial charge < -0.3 is 4.90 Å². The smallest absolute Gasteiger partial charge is 0.225 e. The van der Waals surface area contributed by atoms with Crippen LogP contribution in [0.15, 0.2) is 29.3 Å². The summed E-state index contributed by atoms with van der Waals surface area (Å²) in [5.74, 6) is 7.89. The largest absolute Gasteiger partial charge is 0.342 e. The number of piperidine rings is 1. The summed E-state index contributed by atoms with van der Waals surface area (Å²) in [5, 5.41) is 1.72. The van der Waals surface area contributed by atoms with E-state index in [2.05, 4.69) is 29.3 Å². The number of rotatable bonds is 4. The van der Waals surface area contributed by atoms with Gasteiger partial charge in [0.25, 0.3) is 0 Å². The summed E-state index contributed by atoms with van der Waals surface area (Å²) < 4.78 is 0. The highest BCUT2D eigenvalue weighted by molar-refractivity contribution is 5.99. The topological polar surface area (TPSA) is 61.9 Å². The first-order chi connectivity index (χ1) is 11.5. The van der Waals surface area contributed by atoms with E-state index in [0.29, 0.717) is 11.8 Å². The average Bonchev–Trinajstić information content (AvgIpc) is 3.01. The fraction of sp³-hybridized carbons (Fsp3) is 0.579. The lowest BCUT2D eigenvalue weighted by Gasteiger charge is -2.33. The Morgan fingerprint density at radius 1 is 1.21 bits per heavy atom. The molecular weight excluding hydrogens is 300 g/mol. The second kappa shape index (κ2) is 7.34. The molecule has 1 fully saturated rings. The van der Waals surface area contributed by atoms with Crippen LogP contribution in [0.3, 0.4) is 0 Å². The maximum atomic E-state index is 12.1. The van der Waals surface area contributed by atoms with Crippen LogP contribution in [-0.4, -0.2) is 47.8 Å². The Labute approximate surface area is 144 Å². The number of carbonyl (C=O) groups is 1. The van der Waals surface area contributed by atoms with Crippen LogP contribution in [0, 0.1) is 11.8 Å². The Morgan fingerprint density at radius 3 is 2.42 bits per heavy atom. The molecular formula is C19H28N4O. The Balaban J connectivity index is 1.53. The minimum atomic E-state index is 0.106. The normalized spacial score (nSPS) is 19.1. The van der Waals surface area contributed by atoms with E-state index in [0.717, 1.165) is 56.8 Å². The minimum absolute atomic E-state index is 0.106. The first-order valence-corrected chi connectivity index (χ1v) is 8.99. The molecule has 1 amide bonds. The van der Waals surface area contributed by atoms with Gasteiger partial charge in [-0.25, -0.2) is 5.84 Å². The van der Waals surface area contributed by atoms with Crippen molar-refractivity contribution in [2.24, 2.45) is 22.7 Å². The number of nitrogens with two attached hydrogens (primary N) is 1. The zero-order valence-corrected chi connectivity index (χ0v) is 14.7. The SMILES string of the molecule is CC(C)C(=O)N1CCC(Cc2ccc(C3=NCCN3N)cc2)CC1. The van der Waals surface area contributed by atoms with Crippen LogP contribution in [0.5, 0.6) is 0 Å². The molecule has 1 aromatic rings. The highest BCUT2D eigenvalue weighted by atomic mass is 16.2. The number of likely N-dealkylation sites (tertiary alicyclic amines) is 1. The number of benzene rings is 1. The van der Waals surface area contributed by atoms with Gasteiger partial charge >= 0.3 is 0 Å². The van der Waals surface area contributed by atoms with Gasteiger partial charge in [0.2, 0.25) is 5.91 Å². The number of carbonyl (C=O) groups excluding carboxylic acids is 1. The molecule has 0 spiro atoms. The fourth-order valence-electron chi connectivity index (χ4n) is 3.56. The van der Waals surface area contributed by atoms with E-state index in [-0.39, 0.29) is 5.92 Å². The van der Waals surface area contributed by atoms with E-state index in [4.69, 9.17) is 5.84 Å².